The van der Waals surface area contributed by atoms with Crippen molar-refractivity contribution in [3.8, 4) is 0 Å². The van der Waals surface area contributed by atoms with Gasteiger partial charge in [0.1, 0.15) is 10.8 Å². The van der Waals surface area contributed by atoms with Gasteiger partial charge >= 0.3 is 0 Å². The molecule has 1 aromatic rings. The highest BCUT2D eigenvalue weighted by atomic mass is 32.1. The Morgan fingerprint density at radius 3 is 3.00 bits per heavy atom. The number of nitrogens with zero attached hydrogens (tertiary/aromatic N) is 1. The van der Waals surface area contributed by atoms with Gasteiger partial charge in [-0.3, -0.25) is 4.90 Å². The summed E-state index contributed by atoms with van der Waals surface area (Å²) in [5.41, 5.74) is 7.13. The summed E-state index contributed by atoms with van der Waals surface area (Å²) in [5, 5.41) is 9.28. The van der Waals surface area contributed by atoms with Crippen LogP contribution in [-0.2, 0) is 6.54 Å². The molecule has 1 fully saturated rings. The van der Waals surface area contributed by atoms with Crippen LogP contribution in [0, 0.1) is 5.82 Å². The van der Waals surface area contributed by atoms with Gasteiger partial charge in [0.05, 0.1) is 6.61 Å². The van der Waals surface area contributed by atoms with Crippen LogP contribution in [0.15, 0.2) is 18.2 Å². The van der Waals surface area contributed by atoms with E-state index >= 15 is 0 Å². The van der Waals surface area contributed by atoms with Crippen molar-refractivity contribution in [2.75, 3.05) is 13.2 Å². The van der Waals surface area contributed by atoms with Crippen LogP contribution < -0.4 is 5.73 Å². The predicted octanol–water partition coefficient (Wildman–Crippen LogP) is 1.42. The van der Waals surface area contributed by atoms with Crippen molar-refractivity contribution in [2.45, 2.75) is 25.4 Å². The van der Waals surface area contributed by atoms with Gasteiger partial charge in [-0.15, -0.1) is 0 Å². The molecule has 0 spiro atoms. The van der Waals surface area contributed by atoms with E-state index in [9.17, 15) is 9.50 Å². The minimum Gasteiger partial charge on any atom is -0.395 e. The zero-order valence-electron chi connectivity index (χ0n) is 10.1. The maximum absolute atomic E-state index is 13.2. The molecule has 1 saturated heterocycles. The number of aliphatic hydroxyl groups excluding tert-OH is 1. The van der Waals surface area contributed by atoms with Crippen LogP contribution in [-0.4, -0.2) is 34.2 Å². The lowest BCUT2D eigenvalue weighted by molar-refractivity contribution is 0.153. The molecule has 98 valence electrons. The second-order valence-corrected chi connectivity index (χ2v) is 5.05. The average Bonchev–Trinajstić information content (AvgIpc) is 2.78. The van der Waals surface area contributed by atoms with Crippen LogP contribution in [0.5, 0.6) is 0 Å². The summed E-state index contributed by atoms with van der Waals surface area (Å²) < 4.78 is 13.2. The molecule has 0 bridgehead atoms. The SMILES string of the molecule is NC(=S)c1cc(F)ccc1CN1CCCC1CO. The fourth-order valence-corrected chi connectivity index (χ4v) is 2.63. The molecule has 1 aliphatic heterocycles. The van der Waals surface area contributed by atoms with Crippen LogP contribution in [0.2, 0.25) is 0 Å². The van der Waals surface area contributed by atoms with Gasteiger partial charge in [-0.05, 0) is 37.1 Å². The third-order valence-electron chi connectivity index (χ3n) is 3.42. The second-order valence-electron chi connectivity index (χ2n) is 4.61. The average molecular weight is 268 g/mol. The van der Waals surface area contributed by atoms with Crippen molar-refractivity contribution in [1.29, 1.82) is 0 Å². The van der Waals surface area contributed by atoms with Gasteiger partial charge in [-0.2, -0.15) is 0 Å². The van der Waals surface area contributed by atoms with Crippen molar-refractivity contribution in [3.05, 3.63) is 35.1 Å². The van der Waals surface area contributed by atoms with Crippen molar-refractivity contribution in [2.24, 2.45) is 5.73 Å². The fourth-order valence-electron chi connectivity index (χ4n) is 2.44. The Morgan fingerprint density at radius 1 is 1.56 bits per heavy atom. The smallest absolute Gasteiger partial charge is 0.123 e. The highest BCUT2D eigenvalue weighted by Crippen LogP contribution is 2.21. The molecule has 0 saturated carbocycles. The highest BCUT2D eigenvalue weighted by Gasteiger charge is 2.24. The van der Waals surface area contributed by atoms with Gasteiger partial charge in [0.25, 0.3) is 0 Å². The molecule has 0 radical (unpaired) electrons. The first kappa shape index (κ1) is 13.4. The van der Waals surface area contributed by atoms with Gasteiger partial charge in [0.2, 0.25) is 0 Å². The molecule has 1 heterocycles. The molecule has 1 aromatic carbocycles. The number of hydrogen-bond donors (Lipinski definition) is 2. The molecule has 5 heteroatoms. The number of nitrogens with two attached hydrogens (primary N) is 1. The number of benzene rings is 1. The topological polar surface area (TPSA) is 49.5 Å². The van der Waals surface area contributed by atoms with Crippen LogP contribution in [0.1, 0.15) is 24.0 Å². The summed E-state index contributed by atoms with van der Waals surface area (Å²) in [4.78, 5) is 2.40. The van der Waals surface area contributed by atoms with Gasteiger partial charge in [0.15, 0.2) is 0 Å². The Labute approximate surface area is 111 Å². The number of rotatable bonds is 4. The number of hydrogen-bond acceptors (Lipinski definition) is 3. The van der Waals surface area contributed by atoms with Crippen molar-refractivity contribution in [3.63, 3.8) is 0 Å². The van der Waals surface area contributed by atoms with E-state index in [-0.39, 0.29) is 23.5 Å². The normalized spacial score (nSPS) is 20.2. The van der Waals surface area contributed by atoms with E-state index in [0.29, 0.717) is 12.1 Å². The Morgan fingerprint density at radius 2 is 2.33 bits per heavy atom. The van der Waals surface area contributed by atoms with Crippen LogP contribution in [0.25, 0.3) is 0 Å². The number of aliphatic hydroxyl groups is 1. The molecule has 1 unspecified atom stereocenters. The Balaban J connectivity index is 2.20. The summed E-state index contributed by atoms with van der Waals surface area (Å²) in [6, 6.07) is 4.70. The summed E-state index contributed by atoms with van der Waals surface area (Å²) >= 11 is 4.95. The molecule has 18 heavy (non-hydrogen) atoms. The van der Waals surface area contributed by atoms with Crippen LogP contribution in [0.3, 0.4) is 0 Å². The largest absolute Gasteiger partial charge is 0.395 e. The van der Waals surface area contributed by atoms with Crippen molar-refractivity contribution < 1.29 is 9.50 Å². The van der Waals surface area contributed by atoms with Gasteiger partial charge in [0, 0.05) is 18.2 Å². The summed E-state index contributed by atoms with van der Waals surface area (Å²) in [7, 11) is 0. The predicted molar refractivity (Wildman–Crippen MR) is 72.8 cm³/mol. The van der Waals surface area contributed by atoms with Gasteiger partial charge < -0.3 is 10.8 Å². The molecular weight excluding hydrogens is 251 g/mol. The van der Waals surface area contributed by atoms with Crippen LogP contribution >= 0.6 is 12.2 Å². The first-order valence-electron chi connectivity index (χ1n) is 6.05. The van der Waals surface area contributed by atoms with E-state index in [0.717, 1.165) is 24.9 Å². The molecule has 1 atom stereocenters. The first-order valence-corrected chi connectivity index (χ1v) is 6.45. The second kappa shape index (κ2) is 5.73. The monoisotopic (exact) mass is 268 g/mol. The molecule has 0 aliphatic carbocycles. The molecule has 3 nitrogen and oxygen atoms in total. The Kier molecular flexibility index (Phi) is 4.27. The first-order chi connectivity index (χ1) is 8.61. The highest BCUT2D eigenvalue weighted by molar-refractivity contribution is 7.80. The number of halogens is 1. The lowest BCUT2D eigenvalue weighted by atomic mass is 10.1. The molecule has 0 amide bonds. The summed E-state index contributed by atoms with van der Waals surface area (Å²) in [6.45, 7) is 1.75. The van der Waals surface area contributed by atoms with Crippen molar-refractivity contribution in [1.82, 2.24) is 4.90 Å². The number of likely N-dealkylation sites (tertiary alicyclic amines) is 1. The van der Waals surface area contributed by atoms with Gasteiger partial charge in [-0.25, -0.2) is 4.39 Å². The third kappa shape index (κ3) is 2.85. The van der Waals surface area contributed by atoms with E-state index in [1.165, 1.54) is 12.1 Å². The number of thiocarbonyl (C=S) groups is 1. The zero-order valence-corrected chi connectivity index (χ0v) is 10.9. The Bertz CT molecular complexity index is 453. The summed E-state index contributed by atoms with van der Waals surface area (Å²) in [6.07, 6.45) is 2.08. The molecule has 3 N–H and O–H groups in total. The molecular formula is C13H17FN2OS. The molecule has 2 rings (SSSR count). The Hall–Kier alpha value is -1.04. The quantitative estimate of drug-likeness (QED) is 0.811. The van der Waals surface area contributed by atoms with E-state index < -0.39 is 0 Å². The maximum atomic E-state index is 13.2. The van der Waals surface area contributed by atoms with Gasteiger partial charge in [-0.1, -0.05) is 18.3 Å². The van der Waals surface area contributed by atoms with E-state index in [1.54, 1.807) is 6.07 Å². The van der Waals surface area contributed by atoms with E-state index in [2.05, 4.69) is 4.90 Å². The lowest BCUT2D eigenvalue weighted by Gasteiger charge is -2.23. The molecule has 1 aliphatic rings. The fraction of sp³-hybridized carbons (Fsp3) is 0.462. The van der Waals surface area contributed by atoms with E-state index in [1.807, 2.05) is 0 Å². The summed E-state index contributed by atoms with van der Waals surface area (Å²) in [5.74, 6) is -0.332. The minimum absolute atomic E-state index is 0.156. The lowest BCUT2D eigenvalue weighted by Crippen LogP contribution is -2.32. The standard InChI is InChI=1S/C13H17FN2OS/c14-10-4-3-9(12(6-10)13(15)18)7-16-5-1-2-11(16)8-17/h3-4,6,11,17H,1-2,5,7-8H2,(H2,15,18). The van der Waals surface area contributed by atoms with Crippen molar-refractivity contribution >= 4 is 17.2 Å². The third-order valence-corrected chi connectivity index (χ3v) is 3.64. The molecule has 0 aromatic heterocycles. The zero-order chi connectivity index (χ0) is 13.1. The van der Waals surface area contributed by atoms with Crippen LogP contribution in [0.4, 0.5) is 4.39 Å². The minimum atomic E-state index is -0.332. The van der Waals surface area contributed by atoms with E-state index in [4.69, 9.17) is 18.0 Å². The maximum Gasteiger partial charge on any atom is 0.123 e.